The number of fused-ring (bicyclic) bond motifs is 1. The lowest BCUT2D eigenvalue weighted by Crippen LogP contribution is -2.30. The highest BCUT2D eigenvalue weighted by atomic mass is 16.5. The van der Waals surface area contributed by atoms with Gasteiger partial charge < -0.3 is 14.8 Å². The molecule has 1 atom stereocenters. The normalized spacial score (nSPS) is 17.8. The van der Waals surface area contributed by atoms with E-state index in [2.05, 4.69) is 10.3 Å². The van der Waals surface area contributed by atoms with Gasteiger partial charge in [-0.1, -0.05) is 12.1 Å². The molecule has 0 spiro atoms. The van der Waals surface area contributed by atoms with E-state index in [0.29, 0.717) is 13.2 Å². The molecule has 1 aromatic heterocycles. The summed E-state index contributed by atoms with van der Waals surface area (Å²) in [5.74, 6) is -0.105. The lowest BCUT2D eigenvalue weighted by atomic mass is 10.0. The number of nitrogens with one attached hydrogen (secondary N) is 1. The maximum atomic E-state index is 12.0. The molecular weight excluding hydrogens is 304 g/mol. The summed E-state index contributed by atoms with van der Waals surface area (Å²) in [5.41, 5.74) is 3.19. The fourth-order valence-electron chi connectivity index (χ4n) is 3.02. The van der Waals surface area contributed by atoms with E-state index < -0.39 is 0 Å². The summed E-state index contributed by atoms with van der Waals surface area (Å²) in [5, 5.41) is 4.02. The molecule has 0 radical (unpaired) electrons. The number of carbonyl (C=O) groups excluding carboxylic acids is 1. The van der Waals surface area contributed by atoms with Crippen LogP contribution < -0.4 is 5.32 Å². The van der Waals surface area contributed by atoms with Gasteiger partial charge in [0.15, 0.2) is 0 Å². The Labute approximate surface area is 142 Å². The summed E-state index contributed by atoms with van der Waals surface area (Å²) in [6, 6.07) is 7.99. The summed E-state index contributed by atoms with van der Waals surface area (Å²) >= 11 is 0. The maximum Gasteiger partial charge on any atom is 0.246 e. The Balaban J connectivity index is 1.50. The number of amides is 1. The summed E-state index contributed by atoms with van der Waals surface area (Å²) in [7, 11) is 0. The molecule has 1 amide bonds. The number of aromatic nitrogens is 1. The smallest absolute Gasteiger partial charge is 0.246 e. The molecule has 1 saturated heterocycles. The average Bonchev–Trinajstić information content (AvgIpc) is 2.62. The van der Waals surface area contributed by atoms with E-state index in [9.17, 15) is 4.79 Å². The first-order valence-electron chi connectivity index (χ1n) is 8.53. The van der Waals surface area contributed by atoms with Crippen molar-refractivity contribution in [2.45, 2.75) is 38.8 Å². The minimum Gasteiger partial charge on any atom is -0.376 e. The first-order chi connectivity index (χ1) is 11.7. The molecule has 1 fully saturated rings. The summed E-state index contributed by atoms with van der Waals surface area (Å²) in [4.78, 5) is 16.4. The van der Waals surface area contributed by atoms with Crippen molar-refractivity contribution in [3.05, 3.63) is 41.6 Å². The second-order valence-corrected chi connectivity index (χ2v) is 6.21. The van der Waals surface area contributed by atoms with Crippen LogP contribution in [-0.2, 0) is 20.8 Å². The van der Waals surface area contributed by atoms with Crippen LogP contribution in [0.5, 0.6) is 0 Å². The number of nitrogens with zero attached hydrogens (tertiary/aromatic N) is 1. The molecule has 0 saturated carbocycles. The van der Waals surface area contributed by atoms with Crippen LogP contribution in [0.4, 0.5) is 0 Å². The van der Waals surface area contributed by atoms with Crippen molar-refractivity contribution >= 4 is 16.8 Å². The third kappa shape index (κ3) is 4.30. The van der Waals surface area contributed by atoms with Crippen molar-refractivity contribution in [3.8, 4) is 0 Å². The number of carbonyl (C=O) groups is 1. The van der Waals surface area contributed by atoms with Crippen LogP contribution in [0.2, 0.25) is 0 Å². The second-order valence-electron chi connectivity index (χ2n) is 6.21. The van der Waals surface area contributed by atoms with E-state index in [4.69, 9.17) is 9.47 Å². The Hall–Kier alpha value is -1.98. The van der Waals surface area contributed by atoms with Crippen molar-refractivity contribution in [2.75, 3.05) is 19.8 Å². The van der Waals surface area contributed by atoms with Gasteiger partial charge in [0.1, 0.15) is 6.61 Å². The zero-order valence-corrected chi connectivity index (χ0v) is 14.1. The fraction of sp³-hybridized carbons (Fsp3) is 0.474. The Kier molecular flexibility index (Phi) is 5.77. The van der Waals surface area contributed by atoms with Crippen molar-refractivity contribution < 1.29 is 14.3 Å². The molecule has 5 heteroatoms. The molecular formula is C19H24N2O3. The Morgan fingerprint density at radius 3 is 3.12 bits per heavy atom. The van der Waals surface area contributed by atoms with Crippen LogP contribution in [0.1, 0.15) is 30.4 Å². The number of pyridine rings is 1. The molecule has 5 nitrogen and oxygen atoms in total. The number of hydrogen-bond acceptors (Lipinski definition) is 4. The summed E-state index contributed by atoms with van der Waals surface area (Å²) in [6.45, 7) is 3.89. The van der Waals surface area contributed by atoms with Crippen LogP contribution in [0, 0.1) is 6.92 Å². The van der Waals surface area contributed by atoms with Crippen LogP contribution in [0.3, 0.4) is 0 Å². The molecule has 128 valence electrons. The standard InChI is InChI=1S/C19H24N2O3/c1-14-7-8-18-16(6-4-9-20-18)17(14)11-21-19(22)13-23-12-15-5-2-3-10-24-15/h4,6-9,15H,2-3,5,10-13H2,1H3,(H,21,22)/t15-/m1/s1. The Morgan fingerprint density at radius 1 is 1.38 bits per heavy atom. The topological polar surface area (TPSA) is 60.5 Å². The molecule has 1 aromatic carbocycles. The minimum atomic E-state index is -0.105. The van der Waals surface area contributed by atoms with E-state index in [1.165, 1.54) is 6.42 Å². The number of aryl methyl sites for hydroxylation is 1. The van der Waals surface area contributed by atoms with Crippen LogP contribution in [-0.4, -0.2) is 36.8 Å². The molecule has 1 N–H and O–H groups in total. The van der Waals surface area contributed by atoms with Crippen molar-refractivity contribution in [1.29, 1.82) is 0 Å². The van der Waals surface area contributed by atoms with Gasteiger partial charge in [-0.05, 0) is 49.4 Å². The van der Waals surface area contributed by atoms with Crippen molar-refractivity contribution in [2.24, 2.45) is 0 Å². The molecule has 1 aliphatic heterocycles. The van der Waals surface area contributed by atoms with Gasteiger partial charge in [0.2, 0.25) is 5.91 Å². The average molecular weight is 328 g/mol. The largest absolute Gasteiger partial charge is 0.376 e. The number of benzene rings is 1. The SMILES string of the molecule is Cc1ccc2ncccc2c1CNC(=O)COC[C@H]1CCCCO1. The van der Waals surface area contributed by atoms with Gasteiger partial charge in [-0.3, -0.25) is 9.78 Å². The zero-order chi connectivity index (χ0) is 16.8. The van der Waals surface area contributed by atoms with Crippen LogP contribution >= 0.6 is 0 Å². The third-order valence-electron chi connectivity index (χ3n) is 4.40. The molecule has 3 rings (SSSR count). The van der Waals surface area contributed by atoms with E-state index >= 15 is 0 Å². The number of rotatable bonds is 6. The van der Waals surface area contributed by atoms with Crippen LogP contribution in [0.15, 0.2) is 30.5 Å². The summed E-state index contributed by atoms with van der Waals surface area (Å²) < 4.78 is 11.1. The molecule has 0 bridgehead atoms. The molecule has 24 heavy (non-hydrogen) atoms. The highest BCUT2D eigenvalue weighted by Crippen LogP contribution is 2.20. The predicted molar refractivity (Wildman–Crippen MR) is 92.7 cm³/mol. The molecule has 2 aromatic rings. The molecule has 0 unspecified atom stereocenters. The monoisotopic (exact) mass is 328 g/mol. The molecule has 0 aliphatic carbocycles. The number of ether oxygens (including phenoxy) is 2. The highest BCUT2D eigenvalue weighted by molar-refractivity contribution is 5.84. The van der Waals surface area contributed by atoms with Gasteiger partial charge in [-0.2, -0.15) is 0 Å². The third-order valence-corrected chi connectivity index (χ3v) is 4.40. The van der Waals surface area contributed by atoms with Gasteiger partial charge in [0.05, 0.1) is 18.2 Å². The fourth-order valence-corrected chi connectivity index (χ4v) is 3.02. The van der Waals surface area contributed by atoms with Gasteiger partial charge >= 0.3 is 0 Å². The maximum absolute atomic E-state index is 12.0. The van der Waals surface area contributed by atoms with Gasteiger partial charge in [-0.25, -0.2) is 0 Å². The minimum absolute atomic E-state index is 0.0714. The first-order valence-corrected chi connectivity index (χ1v) is 8.53. The molecule has 2 heterocycles. The van der Waals surface area contributed by atoms with E-state index in [0.717, 1.165) is 41.5 Å². The van der Waals surface area contributed by atoms with Gasteiger partial charge in [0, 0.05) is 24.7 Å². The van der Waals surface area contributed by atoms with Gasteiger partial charge in [0.25, 0.3) is 0 Å². The highest BCUT2D eigenvalue weighted by Gasteiger charge is 2.14. The van der Waals surface area contributed by atoms with E-state index in [-0.39, 0.29) is 18.6 Å². The second kappa shape index (κ2) is 8.22. The number of hydrogen-bond donors (Lipinski definition) is 1. The van der Waals surface area contributed by atoms with Crippen molar-refractivity contribution in [3.63, 3.8) is 0 Å². The van der Waals surface area contributed by atoms with E-state index in [1.807, 2.05) is 31.2 Å². The van der Waals surface area contributed by atoms with Crippen LogP contribution in [0.25, 0.3) is 10.9 Å². The van der Waals surface area contributed by atoms with Gasteiger partial charge in [-0.15, -0.1) is 0 Å². The summed E-state index contributed by atoms with van der Waals surface area (Å²) in [6.07, 6.45) is 5.23. The Bertz CT molecular complexity index is 696. The Morgan fingerprint density at radius 2 is 2.29 bits per heavy atom. The quantitative estimate of drug-likeness (QED) is 0.886. The van der Waals surface area contributed by atoms with Crippen molar-refractivity contribution in [1.82, 2.24) is 10.3 Å². The first kappa shape index (κ1) is 16.9. The predicted octanol–water partition coefficient (Wildman–Crippen LogP) is 2.75. The molecule has 1 aliphatic rings. The lowest BCUT2D eigenvalue weighted by Gasteiger charge is -2.22. The van der Waals surface area contributed by atoms with E-state index in [1.54, 1.807) is 6.20 Å². The lowest BCUT2D eigenvalue weighted by molar-refractivity contribution is -0.128. The zero-order valence-electron chi connectivity index (χ0n) is 14.1.